The summed E-state index contributed by atoms with van der Waals surface area (Å²) in [6.07, 6.45) is 3.58. The molecule has 3 rings (SSSR count). The van der Waals surface area contributed by atoms with Gasteiger partial charge in [-0.3, -0.25) is 9.98 Å². The van der Waals surface area contributed by atoms with Gasteiger partial charge < -0.3 is 4.98 Å². The lowest BCUT2D eigenvalue weighted by Crippen LogP contribution is -1.98. The van der Waals surface area contributed by atoms with E-state index < -0.39 is 0 Å². The summed E-state index contributed by atoms with van der Waals surface area (Å²) in [6, 6.07) is 8.34. The number of aromatic amines is 1. The van der Waals surface area contributed by atoms with E-state index >= 15 is 0 Å². The molecule has 2 heterocycles. The van der Waals surface area contributed by atoms with Gasteiger partial charge in [-0.2, -0.15) is 0 Å². The molecule has 4 heteroatoms. The summed E-state index contributed by atoms with van der Waals surface area (Å²) in [5.41, 5.74) is 7.35. The molecule has 0 saturated carbocycles. The molecule has 0 unspecified atom stereocenters. The Morgan fingerprint density at radius 2 is 2.05 bits per heavy atom. The average Bonchev–Trinajstić information content (AvgIpc) is 2.88. The zero-order chi connectivity index (χ0) is 14.1. The van der Waals surface area contributed by atoms with Crippen molar-refractivity contribution in [1.82, 2.24) is 15.0 Å². The van der Waals surface area contributed by atoms with Crippen LogP contribution >= 0.6 is 0 Å². The summed E-state index contributed by atoms with van der Waals surface area (Å²) < 4.78 is 0. The van der Waals surface area contributed by atoms with E-state index in [9.17, 15) is 0 Å². The van der Waals surface area contributed by atoms with Crippen LogP contribution in [0, 0.1) is 13.8 Å². The standard InChI is InChI=1S/C16H16N4/c1-10-6-13(14(8-17-3)11(2)20-10)12-4-5-15-16(7-12)19-9-18-15/h4-9H,1-3H3,(H,18,19)/b17-8-. The lowest BCUT2D eigenvalue weighted by molar-refractivity contribution is 1.12. The molecule has 0 atom stereocenters. The van der Waals surface area contributed by atoms with Crippen molar-refractivity contribution in [3.63, 3.8) is 0 Å². The fraction of sp³-hybridized carbons (Fsp3) is 0.188. The van der Waals surface area contributed by atoms with Crippen molar-refractivity contribution in [2.45, 2.75) is 13.8 Å². The maximum absolute atomic E-state index is 4.52. The van der Waals surface area contributed by atoms with Crippen molar-refractivity contribution in [2.24, 2.45) is 4.99 Å². The molecular formula is C16H16N4. The van der Waals surface area contributed by atoms with Crippen LogP contribution in [0.4, 0.5) is 0 Å². The summed E-state index contributed by atoms with van der Waals surface area (Å²) >= 11 is 0. The Balaban J connectivity index is 2.26. The normalized spacial score (nSPS) is 11.6. The Hall–Kier alpha value is -2.49. The highest BCUT2D eigenvalue weighted by Crippen LogP contribution is 2.27. The molecule has 0 amide bonds. The van der Waals surface area contributed by atoms with Gasteiger partial charge in [-0.25, -0.2) is 4.98 Å². The van der Waals surface area contributed by atoms with Crippen molar-refractivity contribution in [2.75, 3.05) is 7.05 Å². The second-order valence-corrected chi connectivity index (χ2v) is 4.83. The minimum absolute atomic E-state index is 0.967. The minimum atomic E-state index is 0.967. The topological polar surface area (TPSA) is 53.9 Å². The van der Waals surface area contributed by atoms with Crippen LogP contribution in [0.1, 0.15) is 17.0 Å². The number of aliphatic imine (C=N–C) groups is 1. The predicted molar refractivity (Wildman–Crippen MR) is 82.3 cm³/mol. The SMILES string of the molecule is C/N=C\c1c(-c2ccc3[nH]cnc3c2)cc(C)nc1C. The minimum Gasteiger partial charge on any atom is -0.345 e. The monoisotopic (exact) mass is 264 g/mol. The van der Waals surface area contributed by atoms with Gasteiger partial charge in [0.05, 0.1) is 17.4 Å². The third kappa shape index (κ3) is 2.09. The Morgan fingerprint density at radius 1 is 1.20 bits per heavy atom. The van der Waals surface area contributed by atoms with Crippen LogP contribution in [0.5, 0.6) is 0 Å². The van der Waals surface area contributed by atoms with Gasteiger partial charge in [0.1, 0.15) is 0 Å². The fourth-order valence-electron chi connectivity index (χ4n) is 2.47. The lowest BCUT2D eigenvalue weighted by Gasteiger charge is -2.10. The Morgan fingerprint density at radius 3 is 2.85 bits per heavy atom. The number of aryl methyl sites for hydroxylation is 2. The number of H-pyrrole nitrogens is 1. The summed E-state index contributed by atoms with van der Waals surface area (Å²) in [5, 5.41) is 0. The fourth-order valence-corrected chi connectivity index (χ4v) is 2.47. The van der Waals surface area contributed by atoms with Gasteiger partial charge in [-0.05, 0) is 43.2 Å². The Kier molecular flexibility index (Phi) is 3.06. The molecule has 0 radical (unpaired) electrons. The zero-order valence-electron chi connectivity index (χ0n) is 11.8. The van der Waals surface area contributed by atoms with Crippen LogP contribution in [0.15, 0.2) is 35.6 Å². The Bertz CT molecular complexity index is 799. The number of hydrogen-bond donors (Lipinski definition) is 1. The number of hydrogen-bond acceptors (Lipinski definition) is 3. The predicted octanol–water partition coefficient (Wildman–Crippen LogP) is 3.29. The van der Waals surface area contributed by atoms with E-state index in [4.69, 9.17) is 0 Å². The molecule has 1 N–H and O–H groups in total. The van der Waals surface area contributed by atoms with E-state index in [2.05, 4.69) is 44.2 Å². The van der Waals surface area contributed by atoms with Crippen molar-refractivity contribution in [1.29, 1.82) is 0 Å². The van der Waals surface area contributed by atoms with Crippen LogP contribution in [-0.2, 0) is 0 Å². The van der Waals surface area contributed by atoms with Gasteiger partial charge in [-0.1, -0.05) is 6.07 Å². The highest BCUT2D eigenvalue weighted by atomic mass is 14.9. The van der Waals surface area contributed by atoms with Gasteiger partial charge in [0.25, 0.3) is 0 Å². The van der Waals surface area contributed by atoms with Gasteiger partial charge in [0.15, 0.2) is 0 Å². The molecule has 0 aliphatic heterocycles. The van der Waals surface area contributed by atoms with Crippen molar-refractivity contribution >= 4 is 17.2 Å². The second kappa shape index (κ2) is 4.89. The smallest absolute Gasteiger partial charge is 0.0931 e. The molecule has 3 aromatic rings. The average molecular weight is 264 g/mol. The van der Waals surface area contributed by atoms with Gasteiger partial charge in [-0.15, -0.1) is 0 Å². The highest BCUT2D eigenvalue weighted by molar-refractivity contribution is 5.93. The molecule has 20 heavy (non-hydrogen) atoms. The number of fused-ring (bicyclic) bond motifs is 1. The molecule has 0 bridgehead atoms. The Labute approximate surface area is 117 Å². The van der Waals surface area contributed by atoms with Crippen molar-refractivity contribution < 1.29 is 0 Å². The largest absolute Gasteiger partial charge is 0.345 e. The molecule has 0 fully saturated rings. The van der Waals surface area contributed by atoms with E-state index in [1.807, 2.05) is 20.1 Å². The zero-order valence-corrected chi connectivity index (χ0v) is 11.8. The van der Waals surface area contributed by atoms with Gasteiger partial charge in [0, 0.05) is 30.2 Å². The van der Waals surface area contributed by atoms with Crippen LogP contribution in [0.2, 0.25) is 0 Å². The summed E-state index contributed by atoms with van der Waals surface area (Å²) in [7, 11) is 1.78. The molecule has 100 valence electrons. The molecule has 0 spiro atoms. The number of nitrogens with one attached hydrogen (secondary N) is 1. The molecule has 4 nitrogen and oxygen atoms in total. The van der Waals surface area contributed by atoms with Gasteiger partial charge >= 0.3 is 0 Å². The lowest BCUT2D eigenvalue weighted by atomic mass is 9.98. The molecule has 0 aliphatic rings. The second-order valence-electron chi connectivity index (χ2n) is 4.83. The molecular weight excluding hydrogens is 248 g/mol. The third-order valence-corrected chi connectivity index (χ3v) is 3.37. The molecule has 0 saturated heterocycles. The summed E-state index contributed by atoms with van der Waals surface area (Å²) in [4.78, 5) is 16.1. The number of rotatable bonds is 2. The molecule has 0 aliphatic carbocycles. The first kappa shape index (κ1) is 12.5. The first-order valence-corrected chi connectivity index (χ1v) is 6.53. The number of pyridine rings is 1. The van der Waals surface area contributed by atoms with Crippen LogP contribution in [0.3, 0.4) is 0 Å². The first-order valence-electron chi connectivity index (χ1n) is 6.53. The van der Waals surface area contributed by atoms with Crippen molar-refractivity contribution in [3.8, 4) is 11.1 Å². The maximum Gasteiger partial charge on any atom is 0.0931 e. The van der Waals surface area contributed by atoms with E-state index in [0.717, 1.165) is 39.1 Å². The van der Waals surface area contributed by atoms with Crippen LogP contribution < -0.4 is 0 Å². The van der Waals surface area contributed by atoms with E-state index in [0.29, 0.717) is 0 Å². The van der Waals surface area contributed by atoms with E-state index in [1.54, 1.807) is 13.4 Å². The quantitative estimate of drug-likeness (QED) is 0.722. The number of aromatic nitrogens is 3. The first-order chi connectivity index (χ1) is 9.69. The third-order valence-electron chi connectivity index (χ3n) is 3.37. The molecule has 1 aromatic carbocycles. The number of benzene rings is 1. The van der Waals surface area contributed by atoms with Crippen molar-refractivity contribution in [3.05, 3.63) is 47.5 Å². The van der Waals surface area contributed by atoms with Crippen LogP contribution in [0.25, 0.3) is 22.2 Å². The van der Waals surface area contributed by atoms with Crippen LogP contribution in [-0.4, -0.2) is 28.2 Å². The molecule has 2 aromatic heterocycles. The van der Waals surface area contributed by atoms with E-state index in [-0.39, 0.29) is 0 Å². The summed E-state index contributed by atoms with van der Waals surface area (Å²) in [5.74, 6) is 0. The van der Waals surface area contributed by atoms with Gasteiger partial charge in [0.2, 0.25) is 0 Å². The number of nitrogens with zero attached hydrogens (tertiary/aromatic N) is 3. The maximum atomic E-state index is 4.52. The highest BCUT2D eigenvalue weighted by Gasteiger charge is 2.10. The van der Waals surface area contributed by atoms with E-state index in [1.165, 1.54) is 0 Å². The summed E-state index contributed by atoms with van der Waals surface area (Å²) in [6.45, 7) is 4.02. The number of imidazole rings is 1.